The topological polar surface area (TPSA) is 71.3 Å². The molecule has 1 aromatic carbocycles. The molecule has 28 heavy (non-hydrogen) atoms. The highest BCUT2D eigenvalue weighted by Crippen LogP contribution is 2.55. The second kappa shape index (κ2) is 6.57. The van der Waals surface area contributed by atoms with Crippen molar-refractivity contribution in [2.24, 2.45) is 5.41 Å². The van der Waals surface area contributed by atoms with Crippen molar-refractivity contribution < 1.29 is 13.6 Å². The molecule has 1 N–H and O–H groups in total. The zero-order valence-corrected chi connectivity index (χ0v) is 16.0. The van der Waals surface area contributed by atoms with Crippen LogP contribution in [-0.2, 0) is 4.79 Å². The Bertz CT molecular complexity index is 884. The maximum atomic E-state index is 13.9. The zero-order chi connectivity index (χ0) is 19.3. The van der Waals surface area contributed by atoms with Crippen LogP contribution in [0, 0.1) is 11.2 Å². The molecule has 6 nitrogen and oxygen atoms in total. The number of anilines is 1. The average molecular weight is 384 g/mol. The van der Waals surface area contributed by atoms with Gasteiger partial charge in [0.1, 0.15) is 11.9 Å². The average Bonchev–Trinajstić information content (AvgIpc) is 3.61. The lowest BCUT2D eigenvalue weighted by Gasteiger charge is -2.33. The van der Waals surface area contributed by atoms with E-state index in [9.17, 15) is 9.18 Å². The molecule has 1 aliphatic heterocycles. The Balaban J connectivity index is 1.18. The van der Waals surface area contributed by atoms with Crippen LogP contribution in [0.25, 0.3) is 0 Å². The molecule has 148 valence electrons. The van der Waals surface area contributed by atoms with E-state index in [0.717, 1.165) is 32.4 Å². The molecule has 7 heteroatoms. The maximum absolute atomic E-state index is 13.9. The molecule has 2 aliphatic carbocycles. The van der Waals surface area contributed by atoms with Crippen LogP contribution >= 0.6 is 0 Å². The first-order valence-corrected chi connectivity index (χ1v) is 10.2. The Morgan fingerprint density at radius 2 is 1.96 bits per heavy atom. The van der Waals surface area contributed by atoms with Crippen molar-refractivity contribution in [2.45, 2.75) is 56.9 Å². The number of carbonyl (C=O) groups excluding carboxylic acids is 1. The Morgan fingerprint density at radius 1 is 1.21 bits per heavy atom. The highest BCUT2D eigenvalue weighted by atomic mass is 19.1. The third-order valence-electron chi connectivity index (χ3n) is 6.66. The smallest absolute Gasteiger partial charge is 0.316 e. The molecule has 3 aliphatic rings. The summed E-state index contributed by atoms with van der Waals surface area (Å²) in [5, 5.41) is 11.2. The molecule has 2 saturated carbocycles. The summed E-state index contributed by atoms with van der Waals surface area (Å²) >= 11 is 0. The van der Waals surface area contributed by atoms with Crippen molar-refractivity contribution >= 4 is 11.9 Å². The van der Waals surface area contributed by atoms with Gasteiger partial charge in [-0.3, -0.25) is 4.79 Å². The Hall–Kier alpha value is -2.44. The molecular weight excluding hydrogens is 359 g/mol. The van der Waals surface area contributed by atoms with Gasteiger partial charge >= 0.3 is 6.01 Å². The van der Waals surface area contributed by atoms with Gasteiger partial charge in [0, 0.05) is 19.0 Å². The fraction of sp³-hybridized carbons (Fsp3) is 0.571. The van der Waals surface area contributed by atoms with Crippen LogP contribution in [0.15, 0.2) is 28.7 Å². The van der Waals surface area contributed by atoms with E-state index in [1.165, 1.54) is 18.9 Å². The first-order chi connectivity index (χ1) is 13.5. The van der Waals surface area contributed by atoms with Crippen LogP contribution < -0.4 is 5.32 Å². The van der Waals surface area contributed by atoms with Crippen molar-refractivity contribution in [1.82, 2.24) is 15.1 Å². The minimum atomic E-state index is -0.414. The molecule has 3 fully saturated rings. The standard InChI is InChI=1S/C21H25FN4O2/c1-13(19(27)26-10-8-21(6-7-21)9-11-26)23-20-25-24-18(28-20)16-12-15(16)14-4-2-3-5-17(14)22/h2-5,13,15-16H,6-12H2,1H3,(H,23,25)/t13-,15-,16-/m1/s1. The van der Waals surface area contributed by atoms with Gasteiger partial charge in [0.2, 0.25) is 11.8 Å². The van der Waals surface area contributed by atoms with E-state index in [-0.39, 0.29) is 29.6 Å². The summed E-state index contributed by atoms with van der Waals surface area (Å²) in [5.74, 6) is 0.510. The van der Waals surface area contributed by atoms with Gasteiger partial charge in [-0.1, -0.05) is 23.3 Å². The number of benzene rings is 1. The molecule has 5 rings (SSSR count). The van der Waals surface area contributed by atoms with Crippen LogP contribution in [0.5, 0.6) is 0 Å². The van der Waals surface area contributed by atoms with Crippen LogP contribution in [-0.4, -0.2) is 40.1 Å². The van der Waals surface area contributed by atoms with E-state index in [1.807, 2.05) is 17.9 Å². The molecule has 3 atom stereocenters. The quantitative estimate of drug-likeness (QED) is 0.851. The van der Waals surface area contributed by atoms with E-state index in [0.29, 0.717) is 16.9 Å². The maximum Gasteiger partial charge on any atom is 0.316 e. The van der Waals surface area contributed by atoms with Crippen LogP contribution in [0.2, 0.25) is 0 Å². The monoisotopic (exact) mass is 384 g/mol. The molecule has 1 spiro atoms. The molecule has 1 aromatic heterocycles. The first-order valence-electron chi connectivity index (χ1n) is 10.2. The number of rotatable bonds is 5. The van der Waals surface area contributed by atoms with Gasteiger partial charge in [0.05, 0.1) is 0 Å². The highest BCUT2D eigenvalue weighted by molar-refractivity contribution is 5.83. The van der Waals surface area contributed by atoms with Crippen LogP contribution in [0.1, 0.15) is 62.3 Å². The summed E-state index contributed by atoms with van der Waals surface area (Å²) in [4.78, 5) is 14.6. The van der Waals surface area contributed by atoms with E-state index in [4.69, 9.17) is 4.42 Å². The number of hydrogen-bond acceptors (Lipinski definition) is 5. The number of piperidine rings is 1. The normalized spacial score (nSPS) is 26.1. The number of likely N-dealkylation sites (tertiary alicyclic amines) is 1. The van der Waals surface area contributed by atoms with Gasteiger partial charge in [0.25, 0.3) is 0 Å². The summed E-state index contributed by atoms with van der Waals surface area (Å²) < 4.78 is 19.7. The molecule has 0 unspecified atom stereocenters. The number of nitrogens with one attached hydrogen (secondary N) is 1. The van der Waals surface area contributed by atoms with Crippen LogP contribution in [0.3, 0.4) is 0 Å². The van der Waals surface area contributed by atoms with Crippen molar-refractivity contribution in [2.75, 3.05) is 18.4 Å². The predicted molar refractivity (Wildman–Crippen MR) is 101 cm³/mol. The Kier molecular flexibility index (Phi) is 4.14. The summed E-state index contributed by atoms with van der Waals surface area (Å²) in [5.41, 5.74) is 1.25. The number of halogens is 1. The van der Waals surface area contributed by atoms with Gasteiger partial charge in [-0.2, -0.15) is 0 Å². The third kappa shape index (κ3) is 3.27. The van der Waals surface area contributed by atoms with Gasteiger partial charge in [-0.05, 0) is 62.0 Å². The summed E-state index contributed by atoms with van der Waals surface area (Å²) in [6.45, 7) is 3.51. The number of aromatic nitrogens is 2. The van der Waals surface area contributed by atoms with Gasteiger partial charge in [-0.15, -0.1) is 5.10 Å². The van der Waals surface area contributed by atoms with Gasteiger partial charge in [-0.25, -0.2) is 4.39 Å². The second-order valence-electron chi connectivity index (χ2n) is 8.61. The number of nitrogens with zero attached hydrogens (tertiary/aromatic N) is 3. The molecular formula is C21H25FN4O2. The summed E-state index contributed by atoms with van der Waals surface area (Å²) in [6, 6.07) is 6.66. The molecule has 1 saturated heterocycles. The highest BCUT2D eigenvalue weighted by Gasteiger charge is 2.46. The number of amides is 1. The van der Waals surface area contributed by atoms with Crippen molar-refractivity contribution in [3.63, 3.8) is 0 Å². The lowest BCUT2D eigenvalue weighted by atomic mass is 9.93. The van der Waals surface area contributed by atoms with Crippen molar-refractivity contribution in [1.29, 1.82) is 0 Å². The fourth-order valence-electron chi connectivity index (χ4n) is 4.43. The first kappa shape index (κ1) is 17.6. The fourth-order valence-corrected chi connectivity index (χ4v) is 4.43. The SMILES string of the molecule is C[C@@H](Nc1nnc([C@@H]2C[C@@H]2c2ccccc2F)o1)C(=O)N1CCC2(CC1)CC2. The van der Waals surface area contributed by atoms with E-state index >= 15 is 0 Å². The van der Waals surface area contributed by atoms with Crippen LogP contribution in [0.4, 0.5) is 10.4 Å². The summed E-state index contributed by atoms with van der Waals surface area (Å²) in [6.07, 6.45) is 5.68. The third-order valence-corrected chi connectivity index (χ3v) is 6.66. The van der Waals surface area contributed by atoms with Gasteiger partial charge < -0.3 is 14.6 Å². The second-order valence-corrected chi connectivity index (χ2v) is 8.61. The Morgan fingerprint density at radius 3 is 2.68 bits per heavy atom. The van der Waals surface area contributed by atoms with Crippen molar-refractivity contribution in [3.8, 4) is 0 Å². The van der Waals surface area contributed by atoms with E-state index < -0.39 is 6.04 Å². The molecule has 0 radical (unpaired) electrons. The van der Waals surface area contributed by atoms with Crippen molar-refractivity contribution in [3.05, 3.63) is 41.5 Å². The molecule has 2 heterocycles. The number of hydrogen-bond donors (Lipinski definition) is 1. The Labute approximate surface area is 163 Å². The molecule has 2 aromatic rings. The summed E-state index contributed by atoms with van der Waals surface area (Å²) in [7, 11) is 0. The lowest BCUT2D eigenvalue weighted by Crippen LogP contribution is -2.45. The molecule has 1 amide bonds. The van der Waals surface area contributed by atoms with Gasteiger partial charge in [0.15, 0.2) is 0 Å². The zero-order valence-electron chi connectivity index (χ0n) is 16.0. The minimum absolute atomic E-state index is 0.0442. The van der Waals surface area contributed by atoms with E-state index in [1.54, 1.807) is 12.1 Å². The largest absolute Gasteiger partial charge is 0.408 e. The number of carbonyl (C=O) groups is 1. The minimum Gasteiger partial charge on any atom is -0.408 e. The lowest BCUT2D eigenvalue weighted by molar-refractivity contribution is -0.133. The molecule has 0 bridgehead atoms. The predicted octanol–water partition coefficient (Wildman–Crippen LogP) is 3.68. The van der Waals surface area contributed by atoms with E-state index in [2.05, 4.69) is 15.5 Å².